The van der Waals surface area contributed by atoms with Crippen LogP contribution in [0.1, 0.15) is 39.5 Å². The summed E-state index contributed by atoms with van der Waals surface area (Å²) in [5.41, 5.74) is 0. The fourth-order valence-electron chi connectivity index (χ4n) is 0.595. The van der Waals surface area contributed by atoms with Crippen LogP contribution in [0.2, 0.25) is 0 Å². The normalized spacial score (nSPS) is 8.18. The van der Waals surface area contributed by atoms with Gasteiger partial charge in [-0.1, -0.05) is 26.7 Å². The molecule has 0 bridgehead atoms. The van der Waals surface area contributed by atoms with Crippen molar-refractivity contribution in [2.24, 2.45) is 0 Å². The molecule has 11 heavy (non-hydrogen) atoms. The van der Waals surface area contributed by atoms with E-state index in [1.807, 2.05) is 0 Å². The van der Waals surface area contributed by atoms with Gasteiger partial charge in [0.25, 0.3) is 0 Å². The molecule has 1 N–H and O–H groups in total. The van der Waals surface area contributed by atoms with Crippen molar-refractivity contribution in [3.05, 3.63) is 0 Å². The Kier molecular flexibility index (Phi) is 29.4. The van der Waals surface area contributed by atoms with Gasteiger partial charge in [-0.15, -0.1) is 0 Å². The van der Waals surface area contributed by atoms with Gasteiger partial charge in [-0.2, -0.15) is 0 Å². The van der Waals surface area contributed by atoms with Crippen molar-refractivity contribution in [2.45, 2.75) is 39.5 Å². The quantitative estimate of drug-likeness (QED) is 0.412. The molecular formula is C8H19KO2. The smallest absolute Gasteiger partial charge is 0.870 e. The first-order chi connectivity index (χ1) is 4.41. The third-order valence-electron chi connectivity index (χ3n) is 1.28. The van der Waals surface area contributed by atoms with E-state index in [9.17, 15) is 0 Å². The molecule has 0 heterocycles. The standard InChI is InChI=1S/C8H18O.K.H2O/c1-3-5-7-9-8-6-4-2;;/h3-8H2,1-2H3;;1H2/q;+1;/p-1. The summed E-state index contributed by atoms with van der Waals surface area (Å²) in [4.78, 5) is 0. The fraction of sp³-hybridized carbons (Fsp3) is 1.00. The number of ether oxygens (including phenoxy) is 1. The minimum atomic E-state index is 0. The molecule has 0 aromatic rings. The molecule has 0 fully saturated rings. The van der Waals surface area contributed by atoms with Crippen molar-refractivity contribution in [3.8, 4) is 0 Å². The molecule has 64 valence electrons. The van der Waals surface area contributed by atoms with Crippen LogP contribution in [0, 0.1) is 0 Å². The van der Waals surface area contributed by atoms with Gasteiger partial charge in [-0.05, 0) is 12.8 Å². The van der Waals surface area contributed by atoms with Crippen molar-refractivity contribution in [2.75, 3.05) is 13.2 Å². The molecule has 3 heteroatoms. The first-order valence-corrected chi connectivity index (χ1v) is 3.99. The minimum absolute atomic E-state index is 0. The third-order valence-corrected chi connectivity index (χ3v) is 1.28. The van der Waals surface area contributed by atoms with Crippen molar-refractivity contribution >= 4 is 0 Å². The van der Waals surface area contributed by atoms with E-state index in [1.54, 1.807) is 0 Å². The molecule has 2 nitrogen and oxygen atoms in total. The molecule has 0 atom stereocenters. The zero-order valence-electron chi connectivity index (χ0n) is 8.10. The van der Waals surface area contributed by atoms with Crippen molar-refractivity contribution in [3.63, 3.8) is 0 Å². The van der Waals surface area contributed by atoms with Gasteiger partial charge < -0.3 is 10.2 Å². The molecule has 0 aromatic heterocycles. The van der Waals surface area contributed by atoms with Gasteiger partial charge in [-0.3, -0.25) is 0 Å². The Labute approximate surface area is 113 Å². The zero-order valence-corrected chi connectivity index (χ0v) is 11.2. The Morgan fingerprint density at radius 2 is 1.27 bits per heavy atom. The van der Waals surface area contributed by atoms with E-state index in [0.717, 1.165) is 13.2 Å². The largest absolute Gasteiger partial charge is 1.00 e. The van der Waals surface area contributed by atoms with Crippen LogP contribution in [0.25, 0.3) is 0 Å². The van der Waals surface area contributed by atoms with Crippen LogP contribution in [0.4, 0.5) is 0 Å². The molecule has 0 spiro atoms. The van der Waals surface area contributed by atoms with Gasteiger partial charge in [0.05, 0.1) is 0 Å². The molecule has 0 aliphatic heterocycles. The fourth-order valence-corrected chi connectivity index (χ4v) is 0.595. The van der Waals surface area contributed by atoms with Crippen molar-refractivity contribution in [1.82, 2.24) is 0 Å². The van der Waals surface area contributed by atoms with Gasteiger partial charge >= 0.3 is 51.4 Å². The molecule has 0 saturated carbocycles. The number of hydrogen-bond acceptors (Lipinski definition) is 2. The SMILES string of the molecule is CCCCOCCCC.[K+].[OH-]. The van der Waals surface area contributed by atoms with E-state index in [2.05, 4.69) is 13.8 Å². The molecule has 0 aromatic carbocycles. The molecule has 0 unspecified atom stereocenters. The van der Waals surface area contributed by atoms with E-state index >= 15 is 0 Å². The predicted molar refractivity (Wildman–Crippen MR) is 42.6 cm³/mol. The maximum Gasteiger partial charge on any atom is 1.00 e. The Morgan fingerprint density at radius 1 is 0.909 bits per heavy atom. The van der Waals surface area contributed by atoms with E-state index in [0.29, 0.717) is 0 Å². The van der Waals surface area contributed by atoms with E-state index in [4.69, 9.17) is 4.74 Å². The monoisotopic (exact) mass is 186 g/mol. The summed E-state index contributed by atoms with van der Waals surface area (Å²) < 4.78 is 5.31. The van der Waals surface area contributed by atoms with Crippen LogP contribution < -0.4 is 51.4 Å². The van der Waals surface area contributed by atoms with E-state index in [1.165, 1.54) is 25.7 Å². The number of unbranched alkanes of at least 4 members (excludes halogenated alkanes) is 2. The van der Waals surface area contributed by atoms with Gasteiger partial charge in [0.15, 0.2) is 0 Å². The maximum absolute atomic E-state index is 5.31. The number of rotatable bonds is 6. The summed E-state index contributed by atoms with van der Waals surface area (Å²) in [6, 6.07) is 0. The molecular weight excluding hydrogens is 167 g/mol. The van der Waals surface area contributed by atoms with Crippen LogP contribution in [-0.4, -0.2) is 18.7 Å². The van der Waals surface area contributed by atoms with Crippen molar-refractivity contribution in [1.29, 1.82) is 0 Å². The van der Waals surface area contributed by atoms with Crippen molar-refractivity contribution < 1.29 is 61.6 Å². The van der Waals surface area contributed by atoms with Crippen LogP contribution in [0.5, 0.6) is 0 Å². The first-order valence-electron chi connectivity index (χ1n) is 3.99. The molecule has 0 saturated heterocycles. The summed E-state index contributed by atoms with van der Waals surface area (Å²) >= 11 is 0. The Morgan fingerprint density at radius 3 is 1.55 bits per heavy atom. The molecule has 0 radical (unpaired) electrons. The van der Waals surface area contributed by atoms with E-state index < -0.39 is 0 Å². The summed E-state index contributed by atoms with van der Waals surface area (Å²) in [5.74, 6) is 0. The summed E-state index contributed by atoms with van der Waals surface area (Å²) in [7, 11) is 0. The second-order valence-electron chi connectivity index (χ2n) is 2.32. The van der Waals surface area contributed by atoms with Crippen LogP contribution in [0.15, 0.2) is 0 Å². The average Bonchev–Trinajstić information content (AvgIpc) is 1.89. The van der Waals surface area contributed by atoms with Gasteiger partial charge in [-0.25, -0.2) is 0 Å². The number of hydrogen-bond donors (Lipinski definition) is 0. The Balaban J connectivity index is -0.000000320. The van der Waals surface area contributed by atoms with Gasteiger partial charge in [0, 0.05) is 13.2 Å². The Hall–Kier alpha value is 1.56. The van der Waals surface area contributed by atoms with Crippen LogP contribution in [0.3, 0.4) is 0 Å². The van der Waals surface area contributed by atoms with Gasteiger partial charge in [0.2, 0.25) is 0 Å². The van der Waals surface area contributed by atoms with Crippen LogP contribution in [-0.2, 0) is 4.74 Å². The van der Waals surface area contributed by atoms with E-state index in [-0.39, 0.29) is 56.9 Å². The maximum atomic E-state index is 5.31. The van der Waals surface area contributed by atoms with Crippen LogP contribution >= 0.6 is 0 Å². The third kappa shape index (κ3) is 18.5. The Bertz CT molecular complexity index is 45.4. The van der Waals surface area contributed by atoms with Gasteiger partial charge in [0.1, 0.15) is 0 Å². The molecule has 0 amide bonds. The summed E-state index contributed by atoms with van der Waals surface area (Å²) in [6.45, 7) is 6.28. The molecule has 0 rings (SSSR count). The zero-order chi connectivity index (χ0) is 6.95. The summed E-state index contributed by atoms with van der Waals surface area (Å²) in [5, 5.41) is 0. The predicted octanol–water partition coefficient (Wildman–Crippen LogP) is -0.570. The summed E-state index contributed by atoms with van der Waals surface area (Å²) in [6.07, 6.45) is 4.91. The second kappa shape index (κ2) is 17.6. The second-order valence-corrected chi connectivity index (χ2v) is 2.32. The molecule has 0 aliphatic rings. The average molecular weight is 186 g/mol. The minimum Gasteiger partial charge on any atom is -0.870 e. The topological polar surface area (TPSA) is 39.2 Å². The first kappa shape index (κ1) is 18.4. The molecule has 0 aliphatic carbocycles.